The number of carbonyl (C=O) groups excluding carboxylic acids is 1. The number of rotatable bonds is 7. The number of thioether (sulfide) groups is 1. The Bertz CT molecular complexity index is 365. The van der Waals surface area contributed by atoms with Crippen LogP contribution in [0.2, 0.25) is 0 Å². The molecule has 0 aliphatic heterocycles. The maximum Gasteiger partial charge on any atom is 0.226 e. The average Bonchev–Trinajstić information content (AvgIpc) is 2.38. The van der Waals surface area contributed by atoms with Crippen molar-refractivity contribution < 1.29 is 4.79 Å². The molecule has 1 amide bonds. The van der Waals surface area contributed by atoms with Crippen LogP contribution in [0.1, 0.15) is 13.8 Å². The fraction of sp³-hybridized carbons (Fsp3) is 0.500. The molecule has 0 saturated heterocycles. The van der Waals surface area contributed by atoms with Crippen molar-refractivity contribution in [1.29, 1.82) is 0 Å². The van der Waals surface area contributed by atoms with Gasteiger partial charge < -0.3 is 10.6 Å². The van der Waals surface area contributed by atoms with E-state index in [1.807, 2.05) is 43.8 Å². The van der Waals surface area contributed by atoms with Crippen molar-refractivity contribution in [2.24, 2.45) is 5.41 Å². The zero-order valence-electron chi connectivity index (χ0n) is 11.3. The van der Waals surface area contributed by atoms with Gasteiger partial charge in [-0.2, -0.15) is 0 Å². The lowest BCUT2D eigenvalue weighted by molar-refractivity contribution is -0.128. The van der Waals surface area contributed by atoms with Gasteiger partial charge >= 0.3 is 0 Å². The predicted octanol–water partition coefficient (Wildman–Crippen LogP) is 2.14. The van der Waals surface area contributed by atoms with Crippen LogP contribution in [0.25, 0.3) is 0 Å². The van der Waals surface area contributed by atoms with Gasteiger partial charge in [0.2, 0.25) is 5.91 Å². The minimum Gasteiger partial charge on any atom is -0.359 e. The van der Waals surface area contributed by atoms with E-state index in [1.54, 1.807) is 7.05 Å². The zero-order chi connectivity index (χ0) is 13.4. The molecule has 0 heterocycles. The minimum absolute atomic E-state index is 0.0747. The fourth-order valence-electron chi connectivity index (χ4n) is 1.58. The smallest absolute Gasteiger partial charge is 0.226 e. The Morgan fingerprint density at radius 1 is 1.28 bits per heavy atom. The van der Waals surface area contributed by atoms with E-state index in [4.69, 9.17) is 0 Å². The maximum absolute atomic E-state index is 11.6. The molecule has 0 bridgehead atoms. The molecule has 0 aliphatic carbocycles. The maximum atomic E-state index is 11.6. The first kappa shape index (κ1) is 15.1. The molecule has 0 radical (unpaired) electrons. The van der Waals surface area contributed by atoms with Gasteiger partial charge in [0.05, 0.1) is 5.41 Å². The van der Waals surface area contributed by atoms with Gasteiger partial charge in [0, 0.05) is 30.8 Å². The van der Waals surface area contributed by atoms with E-state index in [0.29, 0.717) is 6.54 Å². The number of hydrogen-bond acceptors (Lipinski definition) is 3. The summed E-state index contributed by atoms with van der Waals surface area (Å²) >= 11 is 1.82. The molecule has 0 aromatic heterocycles. The molecular weight excluding hydrogens is 244 g/mol. The Balaban J connectivity index is 2.17. The van der Waals surface area contributed by atoms with Crippen LogP contribution in [-0.2, 0) is 4.79 Å². The van der Waals surface area contributed by atoms with Crippen LogP contribution in [0.3, 0.4) is 0 Å². The molecule has 1 aromatic carbocycles. The van der Waals surface area contributed by atoms with Gasteiger partial charge in [0.25, 0.3) is 0 Å². The van der Waals surface area contributed by atoms with E-state index in [0.717, 1.165) is 12.3 Å². The molecule has 0 saturated carbocycles. The number of amides is 1. The summed E-state index contributed by atoms with van der Waals surface area (Å²) in [6.45, 7) is 5.49. The molecule has 18 heavy (non-hydrogen) atoms. The van der Waals surface area contributed by atoms with Gasteiger partial charge in [0.1, 0.15) is 0 Å². The lowest BCUT2D eigenvalue weighted by Gasteiger charge is -2.22. The summed E-state index contributed by atoms with van der Waals surface area (Å²) < 4.78 is 0. The monoisotopic (exact) mass is 266 g/mol. The van der Waals surface area contributed by atoms with Crippen molar-refractivity contribution in [2.45, 2.75) is 18.7 Å². The fourth-order valence-corrected chi connectivity index (χ4v) is 2.41. The molecule has 1 aromatic rings. The lowest BCUT2D eigenvalue weighted by atomic mass is 9.92. The molecule has 3 nitrogen and oxygen atoms in total. The summed E-state index contributed by atoms with van der Waals surface area (Å²) in [6, 6.07) is 10.3. The number of nitrogens with one attached hydrogen (secondary N) is 2. The van der Waals surface area contributed by atoms with E-state index < -0.39 is 0 Å². The molecule has 2 N–H and O–H groups in total. The van der Waals surface area contributed by atoms with Gasteiger partial charge in [-0.15, -0.1) is 11.8 Å². The van der Waals surface area contributed by atoms with Crippen LogP contribution in [0.5, 0.6) is 0 Å². The molecule has 0 spiro atoms. The van der Waals surface area contributed by atoms with E-state index in [9.17, 15) is 4.79 Å². The predicted molar refractivity (Wildman–Crippen MR) is 77.9 cm³/mol. The quantitative estimate of drug-likeness (QED) is 0.587. The van der Waals surface area contributed by atoms with Gasteiger partial charge in [-0.3, -0.25) is 4.79 Å². The first-order chi connectivity index (χ1) is 8.56. The van der Waals surface area contributed by atoms with Crippen LogP contribution < -0.4 is 10.6 Å². The van der Waals surface area contributed by atoms with Crippen LogP contribution in [0.15, 0.2) is 35.2 Å². The number of benzene rings is 1. The average molecular weight is 266 g/mol. The van der Waals surface area contributed by atoms with E-state index in [-0.39, 0.29) is 11.3 Å². The highest BCUT2D eigenvalue weighted by Gasteiger charge is 2.25. The summed E-state index contributed by atoms with van der Waals surface area (Å²) in [5.41, 5.74) is -0.355. The van der Waals surface area contributed by atoms with Gasteiger partial charge in [0.15, 0.2) is 0 Å². The second-order valence-corrected chi connectivity index (χ2v) is 5.97. The zero-order valence-corrected chi connectivity index (χ0v) is 12.1. The molecule has 1 rings (SSSR count). The van der Waals surface area contributed by atoms with Crippen molar-refractivity contribution in [2.75, 3.05) is 25.9 Å². The van der Waals surface area contributed by atoms with Crippen LogP contribution in [0, 0.1) is 5.41 Å². The van der Waals surface area contributed by atoms with E-state index in [1.165, 1.54) is 4.90 Å². The Hall–Kier alpha value is -1.00. The van der Waals surface area contributed by atoms with Gasteiger partial charge in [-0.1, -0.05) is 18.2 Å². The summed E-state index contributed by atoms with van der Waals surface area (Å²) in [6.07, 6.45) is 0. The van der Waals surface area contributed by atoms with Crippen molar-refractivity contribution in [1.82, 2.24) is 10.6 Å². The highest BCUT2D eigenvalue weighted by Crippen LogP contribution is 2.16. The lowest BCUT2D eigenvalue weighted by Crippen LogP contribution is -2.42. The van der Waals surface area contributed by atoms with E-state index in [2.05, 4.69) is 22.8 Å². The molecule has 0 fully saturated rings. The second-order valence-electron chi connectivity index (χ2n) is 4.80. The summed E-state index contributed by atoms with van der Waals surface area (Å²) in [5, 5.41) is 6.02. The molecule has 4 heteroatoms. The molecule has 0 unspecified atom stereocenters. The van der Waals surface area contributed by atoms with Crippen molar-refractivity contribution >= 4 is 17.7 Å². The first-order valence-corrected chi connectivity index (χ1v) is 7.15. The number of hydrogen-bond donors (Lipinski definition) is 2. The Morgan fingerprint density at radius 2 is 1.94 bits per heavy atom. The van der Waals surface area contributed by atoms with Gasteiger partial charge in [-0.25, -0.2) is 0 Å². The Morgan fingerprint density at radius 3 is 2.56 bits per heavy atom. The minimum atomic E-state index is -0.355. The molecule has 0 aliphatic rings. The highest BCUT2D eigenvalue weighted by molar-refractivity contribution is 7.99. The SMILES string of the molecule is CNC(=O)C(C)(C)CNCCSc1ccccc1. The van der Waals surface area contributed by atoms with Crippen molar-refractivity contribution in [3.05, 3.63) is 30.3 Å². The topological polar surface area (TPSA) is 41.1 Å². The van der Waals surface area contributed by atoms with Gasteiger partial charge in [-0.05, 0) is 26.0 Å². The Kier molecular flexibility index (Phi) is 6.22. The number of carbonyl (C=O) groups is 1. The summed E-state index contributed by atoms with van der Waals surface area (Å²) in [5.74, 6) is 1.08. The van der Waals surface area contributed by atoms with Crippen molar-refractivity contribution in [3.8, 4) is 0 Å². The summed E-state index contributed by atoms with van der Waals surface area (Å²) in [7, 11) is 1.68. The first-order valence-electron chi connectivity index (χ1n) is 6.17. The third-order valence-corrected chi connectivity index (χ3v) is 3.71. The molecular formula is C14H22N2OS. The summed E-state index contributed by atoms with van der Waals surface area (Å²) in [4.78, 5) is 12.8. The highest BCUT2D eigenvalue weighted by atomic mass is 32.2. The van der Waals surface area contributed by atoms with Crippen LogP contribution >= 0.6 is 11.8 Å². The molecule has 100 valence electrons. The van der Waals surface area contributed by atoms with Crippen LogP contribution in [0.4, 0.5) is 0 Å². The third kappa shape index (κ3) is 5.10. The third-order valence-electron chi connectivity index (χ3n) is 2.70. The van der Waals surface area contributed by atoms with E-state index >= 15 is 0 Å². The van der Waals surface area contributed by atoms with Crippen molar-refractivity contribution in [3.63, 3.8) is 0 Å². The standard InChI is InChI=1S/C14H22N2OS/c1-14(2,13(17)15-3)11-16-9-10-18-12-7-5-4-6-8-12/h4-8,16H,9-11H2,1-3H3,(H,15,17). The molecule has 0 atom stereocenters. The largest absolute Gasteiger partial charge is 0.359 e. The second kappa shape index (κ2) is 7.44. The van der Waals surface area contributed by atoms with Crippen LogP contribution in [-0.4, -0.2) is 31.8 Å². The Labute approximate surface area is 114 Å². The normalized spacial score (nSPS) is 11.3.